The highest BCUT2D eigenvalue weighted by molar-refractivity contribution is 7.14. The predicted molar refractivity (Wildman–Crippen MR) is 104 cm³/mol. The minimum Gasteiger partial charge on any atom is -0.366 e. The molecule has 0 unspecified atom stereocenters. The lowest BCUT2D eigenvalue weighted by Gasteiger charge is -2.05. The monoisotopic (exact) mass is 380 g/mol. The summed E-state index contributed by atoms with van der Waals surface area (Å²) in [6, 6.07) is 15.2. The fraction of sp³-hybridized carbons (Fsp3) is 0.0526. The molecule has 3 rings (SSSR count). The van der Waals surface area contributed by atoms with Crippen LogP contribution in [0.15, 0.2) is 60.0 Å². The van der Waals surface area contributed by atoms with Crippen molar-refractivity contribution < 1.29 is 14.4 Å². The number of primary amides is 1. The van der Waals surface area contributed by atoms with Crippen molar-refractivity contribution >= 4 is 39.9 Å². The molecule has 0 saturated heterocycles. The number of amides is 3. The van der Waals surface area contributed by atoms with E-state index < -0.39 is 5.91 Å². The van der Waals surface area contributed by atoms with Crippen LogP contribution in [0.25, 0.3) is 0 Å². The fourth-order valence-corrected chi connectivity index (χ4v) is 3.03. The van der Waals surface area contributed by atoms with E-state index in [1.165, 1.54) is 17.4 Å². The summed E-state index contributed by atoms with van der Waals surface area (Å²) in [5, 5.41) is 7.53. The second-order valence-electron chi connectivity index (χ2n) is 5.63. The molecule has 136 valence electrons. The number of nitrogens with two attached hydrogens (primary N) is 1. The van der Waals surface area contributed by atoms with Crippen molar-refractivity contribution in [2.45, 2.75) is 6.42 Å². The van der Waals surface area contributed by atoms with Crippen molar-refractivity contribution in [3.63, 3.8) is 0 Å². The molecule has 2 aromatic carbocycles. The largest absolute Gasteiger partial charge is 0.366 e. The Bertz CT molecular complexity index is 985. The maximum absolute atomic E-state index is 12.2. The van der Waals surface area contributed by atoms with Gasteiger partial charge < -0.3 is 11.1 Å². The van der Waals surface area contributed by atoms with Crippen LogP contribution in [-0.4, -0.2) is 22.7 Å². The normalized spacial score (nSPS) is 10.2. The van der Waals surface area contributed by atoms with E-state index >= 15 is 0 Å². The number of hydrogen-bond donors (Lipinski definition) is 3. The van der Waals surface area contributed by atoms with Gasteiger partial charge in [-0.1, -0.05) is 24.3 Å². The van der Waals surface area contributed by atoms with Crippen LogP contribution in [0.5, 0.6) is 0 Å². The van der Waals surface area contributed by atoms with E-state index in [-0.39, 0.29) is 18.2 Å². The molecule has 27 heavy (non-hydrogen) atoms. The Balaban J connectivity index is 1.59. The molecule has 0 fully saturated rings. The van der Waals surface area contributed by atoms with Crippen molar-refractivity contribution in [1.29, 1.82) is 0 Å². The summed E-state index contributed by atoms with van der Waals surface area (Å²) in [4.78, 5) is 39.7. The minimum absolute atomic E-state index is 0.0402. The van der Waals surface area contributed by atoms with Gasteiger partial charge in [0.2, 0.25) is 11.8 Å². The van der Waals surface area contributed by atoms with E-state index in [9.17, 15) is 14.4 Å². The van der Waals surface area contributed by atoms with Crippen molar-refractivity contribution in [2.75, 3.05) is 10.6 Å². The molecule has 8 heteroatoms. The Morgan fingerprint density at radius 2 is 1.70 bits per heavy atom. The van der Waals surface area contributed by atoms with Gasteiger partial charge in [0.05, 0.1) is 12.1 Å². The number of benzene rings is 2. The van der Waals surface area contributed by atoms with Crippen molar-refractivity contribution in [3.8, 4) is 0 Å². The first kappa shape index (κ1) is 18.3. The van der Waals surface area contributed by atoms with E-state index in [0.717, 1.165) is 0 Å². The van der Waals surface area contributed by atoms with Crippen LogP contribution in [-0.2, 0) is 11.2 Å². The molecule has 4 N–H and O–H groups in total. The number of nitrogens with one attached hydrogen (secondary N) is 2. The summed E-state index contributed by atoms with van der Waals surface area (Å²) >= 11 is 1.24. The highest BCUT2D eigenvalue weighted by Gasteiger charge is 2.12. The number of nitrogens with zero attached hydrogens (tertiary/aromatic N) is 1. The Labute approximate surface area is 159 Å². The SMILES string of the molecule is NC(=O)c1cccc(NC(=O)Cc2csc(NC(=O)c3ccccc3)n2)c1. The van der Waals surface area contributed by atoms with Gasteiger partial charge in [0.1, 0.15) is 0 Å². The van der Waals surface area contributed by atoms with Gasteiger partial charge in [0.15, 0.2) is 5.13 Å². The summed E-state index contributed by atoms with van der Waals surface area (Å²) < 4.78 is 0. The van der Waals surface area contributed by atoms with Crippen LogP contribution >= 0.6 is 11.3 Å². The van der Waals surface area contributed by atoms with Crippen LogP contribution in [0.1, 0.15) is 26.4 Å². The van der Waals surface area contributed by atoms with Gasteiger partial charge in [-0.25, -0.2) is 4.98 Å². The predicted octanol–water partition coefficient (Wildman–Crippen LogP) is 2.68. The Kier molecular flexibility index (Phi) is 5.58. The number of aromatic nitrogens is 1. The lowest BCUT2D eigenvalue weighted by molar-refractivity contribution is -0.115. The van der Waals surface area contributed by atoms with E-state index in [1.807, 2.05) is 6.07 Å². The second-order valence-corrected chi connectivity index (χ2v) is 6.49. The number of carbonyl (C=O) groups is 3. The second kappa shape index (κ2) is 8.24. The van der Waals surface area contributed by atoms with Gasteiger partial charge in [-0.2, -0.15) is 0 Å². The first-order valence-corrected chi connectivity index (χ1v) is 8.90. The third-order valence-electron chi connectivity index (χ3n) is 3.58. The summed E-state index contributed by atoms with van der Waals surface area (Å²) in [6.07, 6.45) is 0.0402. The first-order valence-electron chi connectivity index (χ1n) is 8.02. The molecule has 0 radical (unpaired) electrons. The van der Waals surface area contributed by atoms with Gasteiger partial charge in [-0.05, 0) is 30.3 Å². The molecule has 0 atom stereocenters. The fourth-order valence-electron chi connectivity index (χ4n) is 2.32. The molecular weight excluding hydrogens is 364 g/mol. The maximum Gasteiger partial charge on any atom is 0.257 e. The van der Waals surface area contributed by atoms with Crippen LogP contribution in [0.2, 0.25) is 0 Å². The molecule has 3 amide bonds. The van der Waals surface area contributed by atoms with Crippen molar-refractivity contribution in [3.05, 3.63) is 76.8 Å². The molecular formula is C19H16N4O3S. The molecule has 3 aromatic rings. The molecule has 0 spiro atoms. The van der Waals surface area contributed by atoms with Gasteiger partial charge in [0, 0.05) is 22.2 Å². The summed E-state index contributed by atoms with van der Waals surface area (Å²) in [7, 11) is 0. The Hall–Kier alpha value is -3.52. The maximum atomic E-state index is 12.2. The molecule has 0 bridgehead atoms. The van der Waals surface area contributed by atoms with Gasteiger partial charge in [-0.15, -0.1) is 11.3 Å². The molecule has 0 saturated carbocycles. The lowest BCUT2D eigenvalue weighted by atomic mass is 10.2. The number of carbonyl (C=O) groups excluding carboxylic acids is 3. The lowest BCUT2D eigenvalue weighted by Crippen LogP contribution is -2.16. The van der Waals surface area contributed by atoms with Gasteiger partial charge in [-0.3, -0.25) is 19.7 Å². The zero-order valence-corrected chi connectivity index (χ0v) is 15.0. The highest BCUT2D eigenvalue weighted by Crippen LogP contribution is 2.18. The van der Waals surface area contributed by atoms with Gasteiger partial charge >= 0.3 is 0 Å². The number of thiazole rings is 1. The average Bonchev–Trinajstić information content (AvgIpc) is 3.09. The first-order chi connectivity index (χ1) is 13.0. The topological polar surface area (TPSA) is 114 Å². The van der Waals surface area contributed by atoms with E-state index in [4.69, 9.17) is 5.73 Å². The molecule has 0 aliphatic rings. The highest BCUT2D eigenvalue weighted by atomic mass is 32.1. The van der Waals surface area contributed by atoms with E-state index in [0.29, 0.717) is 27.6 Å². The summed E-state index contributed by atoms with van der Waals surface area (Å²) in [6.45, 7) is 0. The minimum atomic E-state index is -0.565. The molecule has 1 aromatic heterocycles. The third-order valence-corrected chi connectivity index (χ3v) is 4.39. The molecule has 1 heterocycles. The molecule has 7 nitrogen and oxygen atoms in total. The van der Waals surface area contributed by atoms with Crippen LogP contribution in [0.3, 0.4) is 0 Å². The van der Waals surface area contributed by atoms with Crippen LogP contribution < -0.4 is 16.4 Å². The number of anilines is 2. The van der Waals surface area contributed by atoms with E-state index in [2.05, 4.69) is 15.6 Å². The summed E-state index contributed by atoms with van der Waals surface area (Å²) in [5.41, 5.74) is 7.08. The quantitative estimate of drug-likeness (QED) is 0.610. The Morgan fingerprint density at radius 1 is 0.963 bits per heavy atom. The summed E-state index contributed by atoms with van der Waals surface area (Å²) in [5.74, 6) is -1.11. The van der Waals surface area contributed by atoms with E-state index in [1.54, 1.807) is 47.8 Å². The zero-order valence-electron chi connectivity index (χ0n) is 14.1. The van der Waals surface area contributed by atoms with Crippen LogP contribution in [0, 0.1) is 0 Å². The average molecular weight is 380 g/mol. The van der Waals surface area contributed by atoms with Crippen LogP contribution in [0.4, 0.5) is 10.8 Å². The molecule has 0 aliphatic carbocycles. The number of rotatable bonds is 6. The van der Waals surface area contributed by atoms with Crippen molar-refractivity contribution in [1.82, 2.24) is 4.98 Å². The molecule has 0 aliphatic heterocycles. The zero-order chi connectivity index (χ0) is 19.2. The van der Waals surface area contributed by atoms with Gasteiger partial charge in [0.25, 0.3) is 5.91 Å². The smallest absolute Gasteiger partial charge is 0.257 e. The number of hydrogen-bond acceptors (Lipinski definition) is 5. The Morgan fingerprint density at radius 3 is 2.44 bits per heavy atom. The van der Waals surface area contributed by atoms with Crippen molar-refractivity contribution in [2.24, 2.45) is 5.73 Å². The standard InChI is InChI=1S/C19H16N4O3S/c20-17(25)13-7-4-8-14(9-13)21-16(24)10-15-11-27-19(22-15)23-18(26)12-5-2-1-3-6-12/h1-9,11H,10H2,(H2,20,25)(H,21,24)(H,22,23,26). The third kappa shape index (κ3) is 4.99.